The largest absolute Gasteiger partial charge is 0.459 e. The molecule has 9 heteroatoms. The van der Waals surface area contributed by atoms with Crippen molar-refractivity contribution in [2.24, 2.45) is 0 Å². The Balaban J connectivity index is 2.10. The van der Waals surface area contributed by atoms with Crippen molar-refractivity contribution in [1.29, 1.82) is 0 Å². The zero-order valence-electron chi connectivity index (χ0n) is 19.0. The Hall–Kier alpha value is -2.23. The predicted molar refractivity (Wildman–Crippen MR) is 111 cm³/mol. The van der Waals surface area contributed by atoms with Crippen LogP contribution in [0.4, 0.5) is 0 Å². The van der Waals surface area contributed by atoms with Gasteiger partial charge in [0.25, 0.3) is 0 Å². The molecule has 0 bridgehead atoms. The molecule has 2 aliphatic heterocycles. The molecule has 0 radical (unpaired) electrons. The average Bonchev–Trinajstić information content (AvgIpc) is 3.26. The van der Waals surface area contributed by atoms with Crippen molar-refractivity contribution < 1.29 is 38.8 Å². The van der Waals surface area contributed by atoms with Crippen LogP contribution in [0.5, 0.6) is 0 Å². The molecule has 0 amide bonds. The molecule has 1 fully saturated rings. The smallest absolute Gasteiger partial charge is 0.345 e. The van der Waals surface area contributed by atoms with Crippen molar-refractivity contribution in [3.8, 4) is 0 Å². The average molecular weight is 440 g/mol. The van der Waals surface area contributed by atoms with E-state index in [9.17, 15) is 24.6 Å². The third-order valence-electron chi connectivity index (χ3n) is 5.97. The highest BCUT2D eigenvalue weighted by Crippen LogP contribution is 2.33. The monoisotopic (exact) mass is 439 g/mol. The summed E-state index contributed by atoms with van der Waals surface area (Å²) in [6.45, 7) is 9.59. The highest BCUT2D eigenvalue weighted by Gasteiger charge is 2.56. The van der Waals surface area contributed by atoms with Gasteiger partial charge in [0.1, 0.15) is 24.4 Å². The molecule has 0 aromatic rings. The molecular formula is C22H33NO8. The summed E-state index contributed by atoms with van der Waals surface area (Å²) in [6, 6.07) is -0.220. The molecule has 0 aromatic carbocycles. The number of carbonyl (C=O) groups is 3. The summed E-state index contributed by atoms with van der Waals surface area (Å²) in [6.07, 6.45) is 2.54. The van der Waals surface area contributed by atoms with Crippen molar-refractivity contribution in [3.63, 3.8) is 0 Å². The van der Waals surface area contributed by atoms with Crippen LogP contribution in [0.15, 0.2) is 23.3 Å². The summed E-state index contributed by atoms with van der Waals surface area (Å²) < 4.78 is 16.0. The lowest BCUT2D eigenvalue weighted by Gasteiger charge is -2.39. The second-order valence-electron chi connectivity index (χ2n) is 8.58. The van der Waals surface area contributed by atoms with E-state index < -0.39 is 29.2 Å². The van der Waals surface area contributed by atoms with E-state index in [2.05, 4.69) is 4.90 Å². The fraction of sp³-hybridized carbons (Fsp3) is 0.682. The Kier molecular flexibility index (Phi) is 7.67. The van der Waals surface area contributed by atoms with Crippen molar-refractivity contribution >= 4 is 17.9 Å². The van der Waals surface area contributed by atoms with Crippen LogP contribution in [0.3, 0.4) is 0 Å². The number of ether oxygens (including phenoxy) is 3. The highest BCUT2D eigenvalue weighted by molar-refractivity contribution is 5.87. The van der Waals surface area contributed by atoms with Crippen LogP contribution in [-0.2, 0) is 28.6 Å². The number of esters is 3. The molecule has 0 saturated carbocycles. The summed E-state index contributed by atoms with van der Waals surface area (Å²) in [4.78, 5) is 38.4. The molecule has 1 unspecified atom stereocenters. The van der Waals surface area contributed by atoms with Gasteiger partial charge < -0.3 is 24.4 Å². The van der Waals surface area contributed by atoms with Gasteiger partial charge in [-0.2, -0.15) is 0 Å². The van der Waals surface area contributed by atoms with E-state index in [0.29, 0.717) is 18.5 Å². The first-order chi connectivity index (χ1) is 14.3. The van der Waals surface area contributed by atoms with Crippen LogP contribution in [0.25, 0.3) is 0 Å². The van der Waals surface area contributed by atoms with E-state index >= 15 is 0 Å². The highest BCUT2D eigenvalue weighted by atomic mass is 16.6. The van der Waals surface area contributed by atoms with Crippen LogP contribution < -0.4 is 0 Å². The van der Waals surface area contributed by atoms with Gasteiger partial charge in [0.2, 0.25) is 5.60 Å². The molecule has 0 aliphatic carbocycles. The molecule has 4 atom stereocenters. The van der Waals surface area contributed by atoms with Gasteiger partial charge in [-0.1, -0.05) is 12.2 Å². The molecule has 2 aliphatic rings. The molecule has 0 spiro atoms. The van der Waals surface area contributed by atoms with Crippen LogP contribution in [-0.4, -0.2) is 82.2 Å². The maximum Gasteiger partial charge on any atom is 0.345 e. The van der Waals surface area contributed by atoms with E-state index in [-0.39, 0.29) is 24.7 Å². The summed E-state index contributed by atoms with van der Waals surface area (Å²) in [7, 11) is 0. The first-order valence-corrected chi connectivity index (χ1v) is 10.4. The van der Waals surface area contributed by atoms with E-state index in [1.165, 1.54) is 20.8 Å². The van der Waals surface area contributed by atoms with Gasteiger partial charge in [0.05, 0.1) is 6.04 Å². The molecule has 1 saturated heterocycles. The lowest BCUT2D eigenvalue weighted by molar-refractivity contribution is -0.219. The number of nitrogens with zero attached hydrogens (tertiary/aromatic N) is 1. The molecule has 0 aromatic heterocycles. The number of carbonyl (C=O) groups excluding carboxylic acids is 3. The van der Waals surface area contributed by atoms with E-state index in [0.717, 1.165) is 19.0 Å². The zero-order valence-corrected chi connectivity index (χ0v) is 19.0. The topological polar surface area (TPSA) is 123 Å². The Bertz CT molecular complexity index is 781. The summed E-state index contributed by atoms with van der Waals surface area (Å²) in [5.41, 5.74) is -3.14. The van der Waals surface area contributed by atoms with Crippen LogP contribution in [0.2, 0.25) is 0 Å². The number of hydrogen-bond donors (Lipinski definition) is 2. The molecule has 9 nitrogen and oxygen atoms in total. The van der Waals surface area contributed by atoms with Crippen LogP contribution in [0, 0.1) is 0 Å². The van der Waals surface area contributed by atoms with Crippen LogP contribution in [0.1, 0.15) is 48.0 Å². The Labute approximate surface area is 182 Å². The first kappa shape index (κ1) is 25.0. The summed E-state index contributed by atoms with van der Waals surface area (Å²) >= 11 is 0. The minimum Gasteiger partial charge on any atom is -0.459 e. The molecule has 2 N–H and O–H groups in total. The third-order valence-corrected chi connectivity index (χ3v) is 5.97. The first-order valence-electron chi connectivity index (χ1n) is 10.4. The second kappa shape index (κ2) is 9.50. The second-order valence-corrected chi connectivity index (χ2v) is 8.58. The number of allylic oxidation sites excluding steroid dienone is 1. The molecule has 2 heterocycles. The van der Waals surface area contributed by atoms with Gasteiger partial charge in [-0.05, 0) is 46.6 Å². The number of aliphatic hydroxyl groups is 2. The standard InChI is InChI=1S/C22H33NO8/c1-7-13(2)19(25)31-17-9-11-23-10-8-16(18(17)23)12-29-20(26)22(28,21(5,6)27)14(3)30-15(4)24/h7-8,14,17-18,27-28H,9-12H2,1-6H3/b13-7-/t14?,17-,18+,22-/m0/s1. The predicted octanol–water partition coefficient (Wildman–Crippen LogP) is 0.876. The summed E-state index contributed by atoms with van der Waals surface area (Å²) in [5.74, 6) is -2.20. The van der Waals surface area contributed by atoms with E-state index in [1.54, 1.807) is 19.9 Å². The van der Waals surface area contributed by atoms with Crippen molar-refractivity contribution in [3.05, 3.63) is 23.3 Å². The van der Waals surface area contributed by atoms with Gasteiger partial charge in [-0.3, -0.25) is 9.69 Å². The van der Waals surface area contributed by atoms with Gasteiger partial charge in [-0.25, -0.2) is 9.59 Å². The fourth-order valence-corrected chi connectivity index (χ4v) is 3.98. The van der Waals surface area contributed by atoms with Gasteiger partial charge >= 0.3 is 17.9 Å². The fourth-order valence-electron chi connectivity index (χ4n) is 3.98. The van der Waals surface area contributed by atoms with Gasteiger partial charge in [0, 0.05) is 25.6 Å². The van der Waals surface area contributed by atoms with Gasteiger partial charge in [-0.15, -0.1) is 0 Å². The summed E-state index contributed by atoms with van der Waals surface area (Å²) in [5, 5.41) is 21.4. The zero-order chi connectivity index (χ0) is 23.6. The number of hydrogen-bond acceptors (Lipinski definition) is 9. The minimum atomic E-state index is -2.47. The number of rotatable bonds is 8. The minimum absolute atomic E-state index is 0.151. The van der Waals surface area contributed by atoms with Crippen molar-refractivity contribution in [2.75, 3.05) is 19.7 Å². The molecule has 2 rings (SSSR count). The van der Waals surface area contributed by atoms with E-state index in [1.807, 2.05) is 6.08 Å². The van der Waals surface area contributed by atoms with Crippen LogP contribution >= 0.6 is 0 Å². The van der Waals surface area contributed by atoms with E-state index in [4.69, 9.17) is 14.2 Å². The van der Waals surface area contributed by atoms with Gasteiger partial charge in [0.15, 0.2) is 0 Å². The maximum atomic E-state index is 12.8. The van der Waals surface area contributed by atoms with Crippen molar-refractivity contribution in [1.82, 2.24) is 4.90 Å². The molecule has 174 valence electrons. The Morgan fingerprint density at radius 1 is 1.29 bits per heavy atom. The quantitative estimate of drug-likeness (QED) is 0.245. The Morgan fingerprint density at radius 3 is 2.48 bits per heavy atom. The molecular weight excluding hydrogens is 406 g/mol. The van der Waals surface area contributed by atoms with Crippen molar-refractivity contribution in [2.45, 2.75) is 77.4 Å². The maximum absolute atomic E-state index is 12.8. The molecule has 31 heavy (non-hydrogen) atoms. The SMILES string of the molecule is C/C=C(/C)C(=O)O[C@H]1CCN2CC=C(COC(=O)[C@@](O)(C(C)OC(C)=O)C(C)(C)O)[C@H]12. The third kappa shape index (κ3) is 5.16. The number of fused-ring (bicyclic) bond motifs is 1. The lowest BCUT2D eigenvalue weighted by Crippen LogP contribution is -2.64. The lowest BCUT2D eigenvalue weighted by atomic mass is 9.81. The normalized spacial score (nSPS) is 24.6. The Morgan fingerprint density at radius 2 is 1.94 bits per heavy atom.